The maximum atomic E-state index is 12.7. The highest BCUT2D eigenvalue weighted by atomic mass is 16.5. The lowest BCUT2D eigenvalue weighted by Gasteiger charge is -2.12. The fraction of sp³-hybridized carbons (Fsp3) is 0.200. The van der Waals surface area contributed by atoms with Gasteiger partial charge in [-0.15, -0.1) is 0 Å². The van der Waals surface area contributed by atoms with Crippen LogP contribution in [0.25, 0.3) is 0 Å². The first-order chi connectivity index (χ1) is 10.1. The van der Waals surface area contributed by atoms with Gasteiger partial charge in [-0.25, -0.2) is 0 Å². The molecule has 6 heteroatoms. The number of pyridine rings is 1. The molecule has 6 nitrogen and oxygen atoms in total. The van der Waals surface area contributed by atoms with E-state index in [4.69, 9.17) is 14.2 Å². The Hall–Kier alpha value is -2.76. The minimum absolute atomic E-state index is 0.0888. The number of para-hydroxylation sites is 1. The molecule has 0 aliphatic carbocycles. The lowest BCUT2D eigenvalue weighted by molar-refractivity contribution is -0.607. The second kappa shape index (κ2) is 6.13. The van der Waals surface area contributed by atoms with E-state index in [0.717, 1.165) is 0 Å². The van der Waals surface area contributed by atoms with Crippen LogP contribution < -0.4 is 18.9 Å². The molecule has 2 aromatic rings. The predicted molar refractivity (Wildman–Crippen MR) is 74.9 cm³/mol. The van der Waals surface area contributed by atoms with E-state index in [1.54, 1.807) is 24.3 Å². The van der Waals surface area contributed by atoms with Crippen molar-refractivity contribution in [2.24, 2.45) is 0 Å². The molecule has 0 radical (unpaired) electrons. The Morgan fingerprint density at radius 1 is 1.00 bits per heavy atom. The monoisotopic (exact) mass is 289 g/mol. The number of hydrogen-bond acceptors (Lipinski definition) is 5. The van der Waals surface area contributed by atoms with Crippen LogP contribution in [0.3, 0.4) is 0 Å². The summed E-state index contributed by atoms with van der Waals surface area (Å²) in [5.41, 5.74) is 0.123. The van der Waals surface area contributed by atoms with Crippen LogP contribution in [0.5, 0.6) is 17.2 Å². The highest BCUT2D eigenvalue weighted by Crippen LogP contribution is 2.31. The average molecular weight is 289 g/mol. The van der Waals surface area contributed by atoms with Crippen molar-refractivity contribution in [1.82, 2.24) is 0 Å². The first-order valence-corrected chi connectivity index (χ1v) is 6.15. The number of aromatic nitrogens is 1. The number of rotatable bonds is 5. The van der Waals surface area contributed by atoms with Gasteiger partial charge in [-0.2, -0.15) is 4.73 Å². The van der Waals surface area contributed by atoms with Gasteiger partial charge in [-0.05, 0) is 12.1 Å². The van der Waals surface area contributed by atoms with E-state index >= 15 is 0 Å². The molecule has 0 spiro atoms. The van der Waals surface area contributed by atoms with E-state index < -0.39 is 5.78 Å². The average Bonchev–Trinajstić information content (AvgIpc) is 2.53. The molecule has 2 rings (SSSR count). The van der Waals surface area contributed by atoms with Crippen molar-refractivity contribution < 1.29 is 23.7 Å². The molecule has 0 saturated carbocycles. The van der Waals surface area contributed by atoms with Crippen molar-refractivity contribution in [3.8, 4) is 17.2 Å². The van der Waals surface area contributed by atoms with Crippen molar-refractivity contribution in [3.05, 3.63) is 53.0 Å². The third-order valence-electron chi connectivity index (χ3n) is 3.01. The highest BCUT2D eigenvalue weighted by molar-refractivity contribution is 6.10. The van der Waals surface area contributed by atoms with E-state index in [1.807, 2.05) is 0 Å². The summed E-state index contributed by atoms with van der Waals surface area (Å²) in [4.78, 5) is 12.7. The van der Waals surface area contributed by atoms with Gasteiger partial charge in [-0.3, -0.25) is 4.79 Å². The smallest absolute Gasteiger partial charge is 0.311 e. The topological polar surface area (TPSA) is 71.7 Å². The molecule has 0 bridgehead atoms. The summed E-state index contributed by atoms with van der Waals surface area (Å²) >= 11 is 0. The first-order valence-electron chi connectivity index (χ1n) is 6.15. The molecule has 0 fully saturated rings. The summed E-state index contributed by atoms with van der Waals surface area (Å²) in [6.45, 7) is 0. The van der Waals surface area contributed by atoms with Gasteiger partial charge < -0.3 is 19.4 Å². The van der Waals surface area contributed by atoms with Crippen LogP contribution in [-0.4, -0.2) is 27.1 Å². The molecule has 0 aliphatic rings. The predicted octanol–water partition coefficient (Wildman–Crippen LogP) is 1.58. The lowest BCUT2D eigenvalue weighted by atomic mass is 10.1. The number of carbonyl (C=O) groups is 1. The fourth-order valence-corrected chi connectivity index (χ4v) is 2.02. The van der Waals surface area contributed by atoms with Gasteiger partial charge in [0.25, 0.3) is 5.78 Å². The zero-order valence-electron chi connectivity index (χ0n) is 12.0. The number of hydrogen-bond donors (Lipinski definition) is 0. The van der Waals surface area contributed by atoms with Gasteiger partial charge in [0.1, 0.15) is 5.75 Å². The van der Waals surface area contributed by atoms with Gasteiger partial charge in [0.2, 0.25) is 5.75 Å². The normalized spacial score (nSPS) is 10.0. The van der Waals surface area contributed by atoms with Crippen molar-refractivity contribution in [2.75, 3.05) is 21.3 Å². The lowest BCUT2D eigenvalue weighted by Crippen LogP contribution is -2.35. The fourth-order valence-electron chi connectivity index (χ4n) is 2.02. The zero-order valence-corrected chi connectivity index (χ0v) is 12.0. The summed E-state index contributed by atoms with van der Waals surface area (Å²) in [5, 5.41) is 12.0. The Bertz CT molecular complexity index is 669. The first kappa shape index (κ1) is 14.6. The summed E-state index contributed by atoms with van der Waals surface area (Å²) in [6, 6.07) is 8.10. The third-order valence-corrected chi connectivity index (χ3v) is 3.01. The van der Waals surface area contributed by atoms with Gasteiger partial charge in [0, 0.05) is 6.07 Å². The van der Waals surface area contributed by atoms with E-state index in [2.05, 4.69) is 0 Å². The number of nitrogens with zero attached hydrogens (tertiary/aromatic N) is 1. The molecule has 21 heavy (non-hydrogen) atoms. The Labute approximate surface area is 122 Å². The second-order valence-electron chi connectivity index (χ2n) is 4.12. The Morgan fingerprint density at radius 3 is 2.29 bits per heavy atom. The van der Waals surface area contributed by atoms with Crippen LogP contribution in [0, 0.1) is 5.21 Å². The number of carbonyl (C=O) groups excluding carboxylic acids is 1. The molecular weight excluding hydrogens is 274 g/mol. The molecule has 1 heterocycles. The molecular formula is C15H15NO5. The molecule has 1 aromatic heterocycles. The van der Waals surface area contributed by atoms with Gasteiger partial charge in [0.05, 0.1) is 26.9 Å². The van der Waals surface area contributed by atoms with Gasteiger partial charge in [0.15, 0.2) is 11.9 Å². The largest absolute Gasteiger partial charge is 0.618 e. The van der Waals surface area contributed by atoms with Gasteiger partial charge in [-0.1, -0.05) is 12.1 Å². The number of benzene rings is 1. The molecule has 0 unspecified atom stereocenters. The highest BCUT2D eigenvalue weighted by Gasteiger charge is 2.29. The summed E-state index contributed by atoms with van der Waals surface area (Å²) < 4.78 is 15.9. The maximum Gasteiger partial charge on any atom is 0.311 e. The molecule has 0 aliphatic heterocycles. The molecule has 0 atom stereocenters. The summed E-state index contributed by atoms with van der Waals surface area (Å²) in [6.07, 6.45) is 1.20. The van der Waals surface area contributed by atoms with Crippen molar-refractivity contribution >= 4 is 5.78 Å². The molecule has 0 saturated heterocycles. The van der Waals surface area contributed by atoms with Crippen molar-refractivity contribution in [3.63, 3.8) is 0 Å². The summed E-state index contributed by atoms with van der Waals surface area (Å²) in [5.74, 6) is 0.277. The van der Waals surface area contributed by atoms with E-state index in [-0.39, 0.29) is 17.0 Å². The van der Waals surface area contributed by atoms with Crippen LogP contribution in [0.4, 0.5) is 0 Å². The Kier molecular flexibility index (Phi) is 4.27. The van der Waals surface area contributed by atoms with Crippen LogP contribution in [-0.2, 0) is 0 Å². The van der Waals surface area contributed by atoms with E-state index in [0.29, 0.717) is 16.2 Å². The van der Waals surface area contributed by atoms with Gasteiger partial charge >= 0.3 is 5.69 Å². The molecule has 0 amide bonds. The van der Waals surface area contributed by atoms with Crippen LogP contribution >= 0.6 is 0 Å². The third kappa shape index (κ3) is 2.60. The van der Waals surface area contributed by atoms with Crippen LogP contribution in [0.15, 0.2) is 36.5 Å². The minimum Gasteiger partial charge on any atom is -0.618 e. The Balaban J connectivity index is 2.63. The maximum absolute atomic E-state index is 12.7. The van der Waals surface area contributed by atoms with Crippen LogP contribution in [0.1, 0.15) is 16.1 Å². The Morgan fingerprint density at radius 2 is 1.67 bits per heavy atom. The number of ether oxygens (including phenoxy) is 3. The quantitative estimate of drug-likeness (QED) is 0.475. The molecule has 110 valence electrons. The minimum atomic E-state index is -0.502. The second-order valence-corrected chi connectivity index (χ2v) is 4.12. The van der Waals surface area contributed by atoms with Crippen molar-refractivity contribution in [1.29, 1.82) is 0 Å². The molecule has 0 N–H and O–H groups in total. The number of ketones is 1. The molecule has 1 aromatic carbocycles. The van der Waals surface area contributed by atoms with Crippen LogP contribution in [0.2, 0.25) is 0 Å². The van der Waals surface area contributed by atoms with Crippen molar-refractivity contribution in [2.45, 2.75) is 0 Å². The zero-order chi connectivity index (χ0) is 15.4. The SMILES string of the molecule is COc1ccccc1C(=O)c1c(OC)c(OC)cc[n+]1[O-]. The van der Waals surface area contributed by atoms with E-state index in [9.17, 15) is 10.0 Å². The standard InChI is InChI=1S/C15H15NO5/c1-19-11-7-5-4-6-10(11)14(17)13-15(21-3)12(20-2)8-9-16(13)18/h4-9H,1-3H3. The number of methoxy groups -OCH3 is 3. The summed E-state index contributed by atoms with van der Waals surface area (Å²) in [7, 11) is 4.27. The van der Waals surface area contributed by atoms with E-state index in [1.165, 1.54) is 33.6 Å².